The Morgan fingerprint density at radius 1 is 0.854 bits per heavy atom. The number of ketones is 1. The van der Waals surface area contributed by atoms with Crippen LogP contribution in [0.1, 0.15) is 22.8 Å². The second kappa shape index (κ2) is 12.0. The number of pyridine rings is 2. The highest BCUT2D eigenvalue weighted by Crippen LogP contribution is 2.39. The van der Waals surface area contributed by atoms with Gasteiger partial charge < -0.3 is 15.9 Å². The van der Waals surface area contributed by atoms with Crippen LogP contribution in [0.5, 0.6) is 5.88 Å². The number of hydrogen-bond acceptors (Lipinski definition) is 6. The average Bonchev–Trinajstić information content (AvgIpc) is 2.97. The lowest BCUT2D eigenvalue weighted by Crippen LogP contribution is -2.21. The van der Waals surface area contributed by atoms with Crippen molar-refractivity contribution < 1.29 is 33.0 Å². The van der Waals surface area contributed by atoms with E-state index in [1.165, 1.54) is 0 Å². The topological polar surface area (TPSA) is 126 Å². The number of aromatic hydroxyl groups is 1. The Kier molecular flexibility index (Phi) is 8.44. The van der Waals surface area contributed by atoms with Crippen molar-refractivity contribution in [1.82, 2.24) is 9.97 Å². The molecule has 7 nitrogen and oxygen atoms in total. The van der Waals surface area contributed by atoms with Crippen LogP contribution in [0.15, 0.2) is 91.1 Å². The average molecular weight is 560 g/mol. The Balaban J connectivity index is 0.000000493. The Hall–Kier alpha value is -5.09. The smallest absolute Gasteiger partial charge is 0.490 e. The van der Waals surface area contributed by atoms with Crippen LogP contribution in [-0.2, 0) is 11.3 Å². The van der Waals surface area contributed by atoms with Crippen LogP contribution in [-0.4, -0.2) is 38.1 Å². The van der Waals surface area contributed by atoms with E-state index in [0.29, 0.717) is 23.0 Å². The van der Waals surface area contributed by atoms with Gasteiger partial charge in [-0.1, -0.05) is 72.8 Å². The van der Waals surface area contributed by atoms with Gasteiger partial charge in [-0.05, 0) is 35.7 Å². The van der Waals surface area contributed by atoms with Gasteiger partial charge in [-0.2, -0.15) is 13.2 Å². The first-order valence-electron chi connectivity index (χ1n) is 12.3. The molecule has 2 heterocycles. The Morgan fingerprint density at radius 3 is 2.07 bits per heavy atom. The van der Waals surface area contributed by atoms with Crippen molar-refractivity contribution in [3.8, 4) is 39.4 Å². The fourth-order valence-electron chi connectivity index (χ4n) is 4.12. The Labute approximate surface area is 232 Å². The van der Waals surface area contributed by atoms with Crippen molar-refractivity contribution in [3.05, 3.63) is 102 Å². The lowest BCUT2D eigenvalue weighted by Gasteiger charge is -2.15. The number of rotatable bonds is 5. The molecule has 3 aromatic carbocycles. The standard InChI is InChI=1S/C29H23N3O2.C2HF3O2/c1-18(33)22-8-5-9-23(14-22)26-17-31-29(34)25-15-24(20-6-3-2-4-7-20)27(32-28(25)26)21-12-10-19(16-30)11-13-21;3-2(4,5)1(6)7/h2-15,17H,16,30H2,1H3,(H,31,34);(H,6,7). The van der Waals surface area contributed by atoms with E-state index in [4.69, 9.17) is 20.6 Å². The van der Waals surface area contributed by atoms with E-state index in [1.807, 2.05) is 78.9 Å². The molecule has 0 unspecified atom stereocenters. The van der Waals surface area contributed by atoms with Crippen molar-refractivity contribution in [2.75, 3.05) is 0 Å². The molecule has 5 aromatic rings. The third-order valence-electron chi connectivity index (χ3n) is 6.20. The molecular formula is C31H24F3N3O4. The van der Waals surface area contributed by atoms with Gasteiger partial charge in [-0.25, -0.2) is 14.8 Å². The molecule has 4 N–H and O–H groups in total. The molecule has 208 valence electrons. The molecule has 0 aliphatic rings. The van der Waals surface area contributed by atoms with E-state index in [2.05, 4.69) is 4.98 Å². The van der Waals surface area contributed by atoms with Gasteiger partial charge in [0.1, 0.15) is 0 Å². The van der Waals surface area contributed by atoms with Crippen molar-refractivity contribution in [2.24, 2.45) is 5.73 Å². The first-order valence-corrected chi connectivity index (χ1v) is 12.3. The number of fused-ring (bicyclic) bond motifs is 1. The second-order valence-electron chi connectivity index (χ2n) is 8.98. The summed E-state index contributed by atoms with van der Waals surface area (Å²) in [6.45, 7) is 2.01. The summed E-state index contributed by atoms with van der Waals surface area (Å²) in [6, 6.07) is 27.3. The van der Waals surface area contributed by atoms with E-state index in [0.717, 1.165) is 39.1 Å². The minimum absolute atomic E-state index is 0.0158. The molecule has 0 bridgehead atoms. The molecule has 0 fully saturated rings. The Morgan fingerprint density at radius 2 is 1.49 bits per heavy atom. The lowest BCUT2D eigenvalue weighted by molar-refractivity contribution is -0.192. The molecule has 0 saturated heterocycles. The number of carbonyl (C=O) groups is 2. The molecule has 41 heavy (non-hydrogen) atoms. The predicted molar refractivity (Wildman–Crippen MR) is 149 cm³/mol. The van der Waals surface area contributed by atoms with Crippen molar-refractivity contribution >= 4 is 22.7 Å². The lowest BCUT2D eigenvalue weighted by atomic mass is 9.95. The molecule has 0 atom stereocenters. The van der Waals surface area contributed by atoms with Gasteiger partial charge in [-0.3, -0.25) is 4.79 Å². The minimum atomic E-state index is -5.08. The zero-order valence-corrected chi connectivity index (χ0v) is 21.7. The van der Waals surface area contributed by atoms with Crippen LogP contribution in [0.4, 0.5) is 13.2 Å². The molecule has 2 aromatic heterocycles. The summed E-state index contributed by atoms with van der Waals surface area (Å²) in [5, 5.41) is 18.3. The van der Waals surface area contributed by atoms with Crippen LogP contribution < -0.4 is 5.73 Å². The van der Waals surface area contributed by atoms with E-state index in [-0.39, 0.29) is 11.7 Å². The molecule has 0 aliphatic carbocycles. The highest BCUT2D eigenvalue weighted by atomic mass is 19.4. The monoisotopic (exact) mass is 559 g/mol. The number of aromatic nitrogens is 2. The van der Waals surface area contributed by atoms with Gasteiger partial charge in [0, 0.05) is 35.0 Å². The number of nitrogens with zero attached hydrogens (tertiary/aromatic N) is 2. The van der Waals surface area contributed by atoms with Crippen LogP contribution >= 0.6 is 0 Å². The zero-order chi connectivity index (χ0) is 29.7. The largest absolute Gasteiger partial charge is 0.493 e. The van der Waals surface area contributed by atoms with Gasteiger partial charge in [0.2, 0.25) is 5.88 Å². The van der Waals surface area contributed by atoms with Crippen molar-refractivity contribution in [2.45, 2.75) is 19.6 Å². The number of nitrogens with two attached hydrogens (primary N) is 1. The number of carboxylic acid groups (broad SMARTS) is 1. The van der Waals surface area contributed by atoms with Gasteiger partial charge in [0.25, 0.3) is 0 Å². The summed E-state index contributed by atoms with van der Waals surface area (Å²) in [7, 11) is 0. The van der Waals surface area contributed by atoms with Crippen molar-refractivity contribution in [3.63, 3.8) is 0 Å². The fourth-order valence-corrected chi connectivity index (χ4v) is 4.12. The highest BCUT2D eigenvalue weighted by molar-refractivity contribution is 6.02. The maximum atomic E-state index is 12.0. The van der Waals surface area contributed by atoms with E-state index in [1.54, 1.807) is 19.2 Å². The third kappa shape index (κ3) is 6.56. The molecule has 0 amide bonds. The summed E-state index contributed by atoms with van der Waals surface area (Å²) < 4.78 is 31.7. The maximum absolute atomic E-state index is 12.0. The molecule has 0 radical (unpaired) electrons. The number of hydrogen-bond donors (Lipinski definition) is 3. The molecule has 5 rings (SSSR count). The van der Waals surface area contributed by atoms with Gasteiger partial charge in [0.15, 0.2) is 5.78 Å². The molecule has 0 spiro atoms. The number of benzene rings is 3. The number of carbonyl (C=O) groups excluding carboxylic acids is 1. The highest BCUT2D eigenvalue weighted by Gasteiger charge is 2.38. The molecule has 0 saturated carbocycles. The first kappa shape index (κ1) is 28.9. The molecular weight excluding hydrogens is 535 g/mol. The predicted octanol–water partition coefficient (Wildman–Crippen LogP) is 6.63. The SMILES string of the molecule is CC(=O)c1cccc(-c2cnc(O)c3cc(-c4ccccc4)c(-c4ccc(CN)cc4)nc23)c1.O=C(O)C(F)(F)F. The van der Waals surface area contributed by atoms with Crippen LogP contribution in [0.25, 0.3) is 44.4 Å². The summed E-state index contributed by atoms with van der Waals surface area (Å²) in [4.78, 5) is 30.2. The zero-order valence-electron chi connectivity index (χ0n) is 21.7. The van der Waals surface area contributed by atoms with E-state index < -0.39 is 12.1 Å². The number of aliphatic carboxylic acids is 1. The second-order valence-corrected chi connectivity index (χ2v) is 8.98. The normalized spacial score (nSPS) is 11.0. The molecule has 10 heteroatoms. The minimum Gasteiger partial charge on any atom is -0.493 e. The van der Waals surface area contributed by atoms with Gasteiger partial charge in [-0.15, -0.1) is 0 Å². The van der Waals surface area contributed by atoms with E-state index >= 15 is 0 Å². The quantitative estimate of drug-likeness (QED) is 0.206. The number of Topliss-reactive ketones (excluding diaryl/α,β-unsaturated/α-hetero) is 1. The third-order valence-corrected chi connectivity index (χ3v) is 6.20. The van der Waals surface area contributed by atoms with Crippen LogP contribution in [0.3, 0.4) is 0 Å². The number of halogens is 3. The van der Waals surface area contributed by atoms with Crippen molar-refractivity contribution in [1.29, 1.82) is 0 Å². The number of alkyl halides is 3. The first-order chi connectivity index (χ1) is 19.5. The fraction of sp³-hybridized carbons (Fsp3) is 0.0968. The van der Waals surface area contributed by atoms with Crippen LogP contribution in [0.2, 0.25) is 0 Å². The summed E-state index contributed by atoms with van der Waals surface area (Å²) >= 11 is 0. The van der Waals surface area contributed by atoms with E-state index in [9.17, 15) is 23.1 Å². The van der Waals surface area contributed by atoms with Gasteiger partial charge in [0.05, 0.1) is 16.6 Å². The van der Waals surface area contributed by atoms with Crippen LogP contribution in [0, 0.1) is 0 Å². The maximum Gasteiger partial charge on any atom is 0.490 e. The summed E-state index contributed by atoms with van der Waals surface area (Å²) in [6.07, 6.45) is -3.48. The number of carboxylic acids is 1. The Bertz CT molecular complexity index is 1720. The molecule has 0 aliphatic heterocycles. The summed E-state index contributed by atoms with van der Waals surface area (Å²) in [5.74, 6) is -2.86. The summed E-state index contributed by atoms with van der Waals surface area (Å²) in [5.41, 5.74) is 13.2. The van der Waals surface area contributed by atoms with Gasteiger partial charge >= 0.3 is 12.1 Å².